The molecule has 116 valence electrons. The molecule has 2 aromatic carbocycles. The Hall–Kier alpha value is -1.57. The summed E-state index contributed by atoms with van der Waals surface area (Å²) in [5.41, 5.74) is 0.163. The Labute approximate surface area is 141 Å². The minimum Gasteiger partial charge on any atom is -0.456 e. The summed E-state index contributed by atoms with van der Waals surface area (Å²) in [5, 5.41) is 0.403. The normalized spacial score (nSPS) is 11.0. The maximum Gasteiger partial charge on any atom is 0.264 e. The van der Waals surface area contributed by atoms with Crippen molar-refractivity contribution < 1.29 is 17.9 Å². The summed E-state index contributed by atoms with van der Waals surface area (Å²) in [7, 11) is -3.62. The van der Waals surface area contributed by atoms with Gasteiger partial charge in [0, 0.05) is 10.0 Å². The van der Waals surface area contributed by atoms with E-state index in [1.807, 2.05) is 4.72 Å². The zero-order chi connectivity index (χ0) is 16.3. The van der Waals surface area contributed by atoms with Crippen molar-refractivity contribution in [3.8, 4) is 11.5 Å². The molecule has 8 heteroatoms. The molecular weight excluding hydrogens is 394 g/mol. The van der Waals surface area contributed by atoms with Crippen LogP contribution in [0.25, 0.3) is 0 Å². The molecule has 0 atom stereocenters. The van der Waals surface area contributed by atoms with Crippen molar-refractivity contribution >= 4 is 43.5 Å². The molecule has 0 heterocycles. The van der Waals surface area contributed by atoms with Gasteiger partial charge in [0.1, 0.15) is 11.5 Å². The summed E-state index contributed by atoms with van der Waals surface area (Å²) in [5.74, 6) is 0.0609. The number of sulfonamides is 1. The third-order valence-electron chi connectivity index (χ3n) is 2.50. The molecule has 0 saturated carbocycles. The predicted molar refractivity (Wildman–Crippen MR) is 88.0 cm³/mol. The molecule has 2 aromatic rings. The van der Waals surface area contributed by atoms with Crippen LogP contribution in [0.15, 0.2) is 46.9 Å². The van der Waals surface area contributed by atoms with Gasteiger partial charge in [-0.05, 0) is 36.4 Å². The lowest BCUT2D eigenvalue weighted by molar-refractivity contribution is 0.0981. The summed E-state index contributed by atoms with van der Waals surface area (Å²) in [4.78, 5) is 11.8. The van der Waals surface area contributed by atoms with Gasteiger partial charge < -0.3 is 4.74 Å². The van der Waals surface area contributed by atoms with Crippen LogP contribution >= 0.6 is 27.5 Å². The predicted octanol–water partition coefficient (Wildman–Crippen LogP) is 3.58. The maximum atomic E-state index is 11.8. The first-order chi connectivity index (χ1) is 10.2. The molecule has 0 saturated heterocycles. The van der Waals surface area contributed by atoms with Crippen LogP contribution in [-0.4, -0.2) is 20.6 Å². The van der Waals surface area contributed by atoms with Crippen molar-refractivity contribution in [3.05, 3.63) is 57.5 Å². The second-order valence-corrected chi connectivity index (χ2v) is 7.48. The van der Waals surface area contributed by atoms with Gasteiger partial charge in [-0.15, -0.1) is 0 Å². The largest absolute Gasteiger partial charge is 0.456 e. The van der Waals surface area contributed by atoms with Gasteiger partial charge in [-0.2, -0.15) is 0 Å². The van der Waals surface area contributed by atoms with E-state index in [0.29, 0.717) is 16.5 Å². The average Bonchev–Trinajstić information content (AvgIpc) is 2.40. The lowest BCUT2D eigenvalue weighted by atomic mass is 10.2. The second kappa shape index (κ2) is 6.68. The van der Waals surface area contributed by atoms with Crippen molar-refractivity contribution in [2.24, 2.45) is 0 Å². The molecule has 0 spiro atoms. The van der Waals surface area contributed by atoms with Crippen LogP contribution < -0.4 is 9.46 Å². The van der Waals surface area contributed by atoms with Crippen molar-refractivity contribution in [1.29, 1.82) is 0 Å². The number of nitrogens with one attached hydrogen (secondary N) is 1. The SMILES string of the molecule is CS(=O)(=O)NC(=O)c1cccc(Oc2ccc(Br)cc2Cl)c1. The minimum atomic E-state index is -3.62. The zero-order valence-electron chi connectivity index (χ0n) is 11.3. The fourth-order valence-corrected chi connectivity index (χ4v) is 2.78. The van der Waals surface area contributed by atoms with Gasteiger partial charge in [-0.3, -0.25) is 4.79 Å². The Bertz CT molecular complexity index is 823. The monoisotopic (exact) mass is 403 g/mol. The Morgan fingerprint density at radius 2 is 1.95 bits per heavy atom. The number of rotatable bonds is 4. The molecule has 22 heavy (non-hydrogen) atoms. The molecule has 2 rings (SSSR count). The number of amides is 1. The number of carbonyl (C=O) groups is 1. The number of benzene rings is 2. The van der Waals surface area contributed by atoms with Gasteiger partial charge in [0.15, 0.2) is 0 Å². The van der Waals surface area contributed by atoms with Crippen LogP contribution in [0.2, 0.25) is 5.02 Å². The third kappa shape index (κ3) is 4.72. The minimum absolute atomic E-state index is 0.163. The molecule has 1 N–H and O–H groups in total. The highest BCUT2D eigenvalue weighted by Gasteiger charge is 2.12. The average molecular weight is 405 g/mol. The standard InChI is InChI=1S/C14H11BrClNO4S/c1-22(19,20)17-14(18)9-3-2-4-11(7-9)21-13-6-5-10(15)8-12(13)16/h2-8H,1H3,(H,17,18). The molecule has 0 aliphatic carbocycles. The summed E-state index contributed by atoms with van der Waals surface area (Å²) in [6.07, 6.45) is 0.910. The van der Waals surface area contributed by atoms with Crippen molar-refractivity contribution in [1.82, 2.24) is 4.72 Å². The number of hydrogen-bond donors (Lipinski definition) is 1. The molecule has 0 aromatic heterocycles. The summed E-state index contributed by atoms with van der Waals surface area (Å²) in [6.45, 7) is 0. The van der Waals surface area contributed by atoms with E-state index in [0.717, 1.165) is 10.7 Å². The summed E-state index contributed by atoms with van der Waals surface area (Å²) >= 11 is 9.35. The highest BCUT2D eigenvalue weighted by atomic mass is 79.9. The van der Waals surface area contributed by atoms with E-state index in [9.17, 15) is 13.2 Å². The first-order valence-corrected chi connectivity index (χ1v) is 9.06. The van der Waals surface area contributed by atoms with E-state index in [-0.39, 0.29) is 5.56 Å². The smallest absolute Gasteiger partial charge is 0.264 e. The summed E-state index contributed by atoms with van der Waals surface area (Å²) < 4.78 is 30.5. The first kappa shape index (κ1) is 16.8. The second-order valence-electron chi connectivity index (χ2n) is 4.41. The van der Waals surface area contributed by atoms with Gasteiger partial charge >= 0.3 is 0 Å². The number of halogens is 2. The van der Waals surface area contributed by atoms with Gasteiger partial charge in [0.25, 0.3) is 5.91 Å². The molecule has 0 unspecified atom stereocenters. The Balaban J connectivity index is 2.23. The molecule has 0 aliphatic heterocycles. The quantitative estimate of drug-likeness (QED) is 0.845. The molecule has 1 amide bonds. The zero-order valence-corrected chi connectivity index (χ0v) is 14.5. The van der Waals surface area contributed by atoms with E-state index >= 15 is 0 Å². The fraction of sp³-hybridized carbons (Fsp3) is 0.0714. The Morgan fingerprint density at radius 3 is 2.59 bits per heavy atom. The highest BCUT2D eigenvalue weighted by Crippen LogP contribution is 2.31. The van der Waals surface area contributed by atoms with E-state index in [1.165, 1.54) is 12.1 Å². The molecule has 0 aliphatic rings. The van der Waals surface area contributed by atoms with E-state index in [4.69, 9.17) is 16.3 Å². The van der Waals surface area contributed by atoms with Crippen molar-refractivity contribution in [2.75, 3.05) is 6.26 Å². The van der Waals surface area contributed by atoms with Crippen LogP contribution in [-0.2, 0) is 10.0 Å². The van der Waals surface area contributed by atoms with Crippen LogP contribution in [0.5, 0.6) is 11.5 Å². The van der Waals surface area contributed by atoms with Crippen LogP contribution in [0, 0.1) is 0 Å². The molecule has 0 radical (unpaired) electrons. The highest BCUT2D eigenvalue weighted by molar-refractivity contribution is 9.10. The van der Waals surface area contributed by atoms with Gasteiger partial charge in [0.2, 0.25) is 10.0 Å². The van der Waals surface area contributed by atoms with E-state index < -0.39 is 15.9 Å². The topological polar surface area (TPSA) is 72.5 Å². The van der Waals surface area contributed by atoms with Crippen LogP contribution in [0.1, 0.15) is 10.4 Å². The van der Waals surface area contributed by atoms with E-state index in [1.54, 1.807) is 30.3 Å². The lowest BCUT2D eigenvalue weighted by Gasteiger charge is -2.09. The lowest BCUT2D eigenvalue weighted by Crippen LogP contribution is -2.29. The first-order valence-electron chi connectivity index (χ1n) is 6.00. The van der Waals surface area contributed by atoms with Gasteiger partial charge in [-0.1, -0.05) is 33.6 Å². The van der Waals surface area contributed by atoms with Gasteiger partial charge in [0.05, 0.1) is 11.3 Å². The maximum absolute atomic E-state index is 11.8. The van der Waals surface area contributed by atoms with Crippen molar-refractivity contribution in [3.63, 3.8) is 0 Å². The number of ether oxygens (including phenoxy) is 1. The Morgan fingerprint density at radius 1 is 1.23 bits per heavy atom. The van der Waals surface area contributed by atoms with Gasteiger partial charge in [-0.25, -0.2) is 13.1 Å². The Kier molecular flexibility index (Phi) is 5.10. The fourth-order valence-electron chi connectivity index (χ4n) is 1.61. The number of carbonyl (C=O) groups excluding carboxylic acids is 1. The van der Waals surface area contributed by atoms with Crippen LogP contribution in [0.3, 0.4) is 0 Å². The number of hydrogen-bond acceptors (Lipinski definition) is 4. The molecule has 0 bridgehead atoms. The molecule has 0 fully saturated rings. The molecular formula is C14H11BrClNO4S. The van der Waals surface area contributed by atoms with Crippen LogP contribution in [0.4, 0.5) is 0 Å². The summed E-state index contributed by atoms with van der Waals surface area (Å²) in [6, 6.07) is 11.2. The van der Waals surface area contributed by atoms with E-state index in [2.05, 4.69) is 15.9 Å². The molecule has 5 nitrogen and oxygen atoms in total. The third-order valence-corrected chi connectivity index (χ3v) is 3.84. The van der Waals surface area contributed by atoms with Crippen molar-refractivity contribution in [2.45, 2.75) is 0 Å².